The molecule has 0 fully saturated rings. The predicted octanol–water partition coefficient (Wildman–Crippen LogP) is 2.81. The van der Waals surface area contributed by atoms with Gasteiger partial charge in [-0.3, -0.25) is 0 Å². The van der Waals surface area contributed by atoms with Crippen LogP contribution in [0, 0.1) is 0 Å². The largest absolute Gasteiger partial charge is 0.457 e. The first-order valence-electron chi connectivity index (χ1n) is 4.49. The molecule has 78 valence electrons. The molecule has 0 heterocycles. The van der Waals surface area contributed by atoms with Crippen molar-refractivity contribution in [2.24, 2.45) is 5.90 Å². The third-order valence-electron chi connectivity index (χ3n) is 1.72. The van der Waals surface area contributed by atoms with Gasteiger partial charge in [0.2, 0.25) is 0 Å². The standard InChI is InChI=1S/C12H10O.H3NO/c1-3-7-11(8-4-1)13-12-9-5-2-6-10-12;1-2/h1-10H;2H,1H2. The molecule has 0 aromatic heterocycles. The van der Waals surface area contributed by atoms with Gasteiger partial charge in [-0.15, -0.1) is 0 Å². The Labute approximate surface area is 88.7 Å². The Balaban J connectivity index is 0.000000531. The molecule has 0 bridgehead atoms. The van der Waals surface area contributed by atoms with Crippen molar-refractivity contribution in [3.63, 3.8) is 0 Å². The smallest absolute Gasteiger partial charge is 0.127 e. The first kappa shape index (κ1) is 11.2. The Bertz CT molecular complexity index is 324. The van der Waals surface area contributed by atoms with Crippen molar-refractivity contribution in [2.45, 2.75) is 0 Å². The lowest BCUT2D eigenvalue weighted by molar-refractivity contribution is 0.311. The minimum absolute atomic E-state index is 0.869. The summed E-state index contributed by atoms with van der Waals surface area (Å²) < 4.78 is 5.58. The summed E-state index contributed by atoms with van der Waals surface area (Å²) in [4.78, 5) is 0. The van der Waals surface area contributed by atoms with E-state index in [1.54, 1.807) is 0 Å². The van der Waals surface area contributed by atoms with E-state index in [0.29, 0.717) is 0 Å². The van der Waals surface area contributed by atoms with E-state index in [9.17, 15) is 0 Å². The number of ether oxygens (including phenoxy) is 1. The van der Waals surface area contributed by atoms with Gasteiger partial charge in [0.15, 0.2) is 0 Å². The van der Waals surface area contributed by atoms with E-state index >= 15 is 0 Å². The lowest BCUT2D eigenvalue weighted by Gasteiger charge is -2.03. The second-order valence-electron chi connectivity index (χ2n) is 2.73. The minimum Gasteiger partial charge on any atom is -0.457 e. The molecule has 0 radical (unpaired) electrons. The van der Waals surface area contributed by atoms with E-state index in [-0.39, 0.29) is 0 Å². The topological polar surface area (TPSA) is 55.5 Å². The van der Waals surface area contributed by atoms with E-state index in [4.69, 9.17) is 9.94 Å². The molecule has 0 aliphatic carbocycles. The normalized spacial score (nSPS) is 8.67. The molecule has 2 rings (SSSR count). The molecule has 0 spiro atoms. The monoisotopic (exact) mass is 203 g/mol. The van der Waals surface area contributed by atoms with Crippen LogP contribution in [0.1, 0.15) is 0 Å². The van der Waals surface area contributed by atoms with Gasteiger partial charge in [-0.1, -0.05) is 36.4 Å². The molecular weight excluding hydrogens is 190 g/mol. The maximum absolute atomic E-state index is 6.50. The molecule has 2 aromatic carbocycles. The summed E-state index contributed by atoms with van der Waals surface area (Å²) in [5.74, 6) is 5.24. The van der Waals surface area contributed by atoms with Crippen LogP contribution in [0.25, 0.3) is 0 Å². The molecule has 0 saturated carbocycles. The molecule has 0 unspecified atom stereocenters. The van der Waals surface area contributed by atoms with Gasteiger partial charge in [-0.25, -0.2) is 5.90 Å². The van der Waals surface area contributed by atoms with Gasteiger partial charge in [-0.05, 0) is 24.3 Å². The van der Waals surface area contributed by atoms with Gasteiger partial charge >= 0.3 is 0 Å². The molecule has 3 heteroatoms. The Morgan fingerprint density at radius 1 is 0.667 bits per heavy atom. The van der Waals surface area contributed by atoms with Crippen molar-refractivity contribution >= 4 is 0 Å². The van der Waals surface area contributed by atoms with E-state index in [1.807, 2.05) is 60.7 Å². The van der Waals surface area contributed by atoms with E-state index < -0.39 is 0 Å². The summed E-state index contributed by atoms with van der Waals surface area (Å²) in [7, 11) is 0. The van der Waals surface area contributed by atoms with E-state index in [0.717, 1.165) is 11.5 Å². The summed E-state index contributed by atoms with van der Waals surface area (Å²) in [5, 5.41) is 6.50. The van der Waals surface area contributed by atoms with Gasteiger partial charge in [0.25, 0.3) is 0 Å². The van der Waals surface area contributed by atoms with Crippen molar-refractivity contribution in [1.82, 2.24) is 0 Å². The lowest BCUT2D eigenvalue weighted by Crippen LogP contribution is -1.81. The van der Waals surface area contributed by atoms with Crippen molar-refractivity contribution in [1.29, 1.82) is 0 Å². The number of hydrogen-bond donors (Lipinski definition) is 2. The first-order chi connectivity index (χ1) is 7.45. The molecular formula is C12H13NO2. The van der Waals surface area contributed by atoms with Gasteiger partial charge in [-0.2, -0.15) is 0 Å². The Morgan fingerprint density at radius 2 is 1.00 bits per heavy atom. The molecule has 2 aromatic rings. The fraction of sp³-hybridized carbons (Fsp3) is 0. The molecule has 3 N–H and O–H groups in total. The van der Waals surface area contributed by atoms with Gasteiger partial charge < -0.3 is 9.94 Å². The lowest BCUT2D eigenvalue weighted by atomic mass is 10.3. The average Bonchev–Trinajstić information content (AvgIpc) is 2.34. The molecule has 3 nitrogen and oxygen atoms in total. The van der Waals surface area contributed by atoms with Crippen molar-refractivity contribution in [2.75, 3.05) is 0 Å². The summed E-state index contributed by atoms with van der Waals surface area (Å²) in [6.45, 7) is 0. The summed E-state index contributed by atoms with van der Waals surface area (Å²) in [5.41, 5.74) is 0. The number of para-hydroxylation sites is 2. The summed E-state index contributed by atoms with van der Waals surface area (Å²) in [6, 6.07) is 19.5. The number of hydrogen-bond acceptors (Lipinski definition) is 3. The molecule has 0 aliphatic rings. The third kappa shape index (κ3) is 3.81. The van der Waals surface area contributed by atoms with Crippen LogP contribution in [-0.4, -0.2) is 5.21 Å². The first-order valence-corrected chi connectivity index (χ1v) is 4.49. The predicted molar refractivity (Wildman–Crippen MR) is 58.9 cm³/mol. The zero-order chi connectivity index (χ0) is 10.9. The van der Waals surface area contributed by atoms with Gasteiger partial charge in [0.05, 0.1) is 0 Å². The molecule has 0 saturated heterocycles. The van der Waals surface area contributed by atoms with E-state index in [2.05, 4.69) is 5.90 Å². The Morgan fingerprint density at radius 3 is 1.33 bits per heavy atom. The molecule has 0 atom stereocenters. The maximum atomic E-state index is 6.50. The van der Waals surface area contributed by atoms with Crippen LogP contribution in [0.2, 0.25) is 0 Å². The minimum atomic E-state index is 0.869. The molecule has 0 amide bonds. The van der Waals surface area contributed by atoms with Crippen LogP contribution in [-0.2, 0) is 0 Å². The van der Waals surface area contributed by atoms with Crippen LogP contribution in [0.4, 0.5) is 0 Å². The summed E-state index contributed by atoms with van der Waals surface area (Å²) >= 11 is 0. The third-order valence-corrected chi connectivity index (χ3v) is 1.72. The van der Waals surface area contributed by atoms with Gasteiger partial charge in [0, 0.05) is 0 Å². The SMILES string of the molecule is NO.c1ccc(Oc2ccccc2)cc1. The highest BCUT2D eigenvalue weighted by atomic mass is 16.5. The van der Waals surface area contributed by atoms with Crippen LogP contribution >= 0.6 is 0 Å². The number of rotatable bonds is 2. The zero-order valence-electron chi connectivity index (χ0n) is 8.21. The van der Waals surface area contributed by atoms with Crippen LogP contribution < -0.4 is 10.6 Å². The molecule has 15 heavy (non-hydrogen) atoms. The Hall–Kier alpha value is -1.84. The zero-order valence-corrected chi connectivity index (χ0v) is 8.21. The quantitative estimate of drug-likeness (QED) is 0.738. The van der Waals surface area contributed by atoms with E-state index in [1.165, 1.54) is 0 Å². The number of nitrogens with two attached hydrogens (primary N) is 1. The van der Waals surface area contributed by atoms with Crippen molar-refractivity contribution in [3.05, 3.63) is 60.7 Å². The van der Waals surface area contributed by atoms with Crippen LogP contribution in [0.5, 0.6) is 11.5 Å². The number of benzene rings is 2. The molecule has 0 aliphatic heterocycles. The van der Waals surface area contributed by atoms with Gasteiger partial charge in [0.1, 0.15) is 11.5 Å². The van der Waals surface area contributed by atoms with Crippen molar-refractivity contribution < 1.29 is 9.94 Å². The highest BCUT2D eigenvalue weighted by Crippen LogP contribution is 2.19. The highest BCUT2D eigenvalue weighted by molar-refractivity contribution is 5.30. The average molecular weight is 203 g/mol. The van der Waals surface area contributed by atoms with Crippen molar-refractivity contribution in [3.8, 4) is 11.5 Å². The van der Waals surface area contributed by atoms with Crippen LogP contribution in [0.3, 0.4) is 0 Å². The fourth-order valence-corrected chi connectivity index (χ4v) is 1.11. The maximum Gasteiger partial charge on any atom is 0.127 e. The second kappa shape index (κ2) is 6.59. The highest BCUT2D eigenvalue weighted by Gasteiger charge is 1.92. The Kier molecular flexibility index (Phi) is 4.94. The second-order valence-corrected chi connectivity index (χ2v) is 2.73. The summed E-state index contributed by atoms with van der Waals surface area (Å²) in [6.07, 6.45) is 0. The fourth-order valence-electron chi connectivity index (χ4n) is 1.11. The van der Waals surface area contributed by atoms with Crippen LogP contribution in [0.15, 0.2) is 60.7 Å².